The van der Waals surface area contributed by atoms with Gasteiger partial charge >= 0.3 is 67.0 Å². The van der Waals surface area contributed by atoms with Crippen molar-refractivity contribution in [1.82, 2.24) is 0 Å². The summed E-state index contributed by atoms with van der Waals surface area (Å²) in [5.41, 5.74) is 0. The molecule has 0 aromatic heterocycles. The molecule has 0 bridgehead atoms. The van der Waals surface area contributed by atoms with Crippen LogP contribution in [0.15, 0.2) is 0 Å². The van der Waals surface area contributed by atoms with E-state index in [0.717, 1.165) is 0 Å². The summed E-state index contributed by atoms with van der Waals surface area (Å²) < 4.78 is 0. The molecule has 0 aliphatic carbocycles. The molecular weight excluding hydrogens is 376 g/mol. The fourth-order valence-corrected chi connectivity index (χ4v) is 0. The van der Waals surface area contributed by atoms with Crippen LogP contribution in [0.2, 0.25) is 0 Å². The maximum absolute atomic E-state index is 8.64. The summed E-state index contributed by atoms with van der Waals surface area (Å²) in [6.45, 7) is 0. The van der Waals surface area contributed by atoms with Gasteiger partial charge in [0.05, 0.1) is 0 Å². The molecule has 19 heavy (non-hydrogen) atoms. The zero-order valence-corrected chi connectivity index (χ0v) is 12.2. The van der Waals surface area contributed by atoms with Crippen LogP contribution in [0.1, 0.15) is 0 Å². The molecule has 0 fully saturated rings. The molecule has 0 aromatic rings. The van der Waals surface area contributed by atoms with Gasteiger partial charge in [-0.05, 0) is 0 Å². The van der Waals surface area contributed by atoms with E-state index in [1.165, 1.54) is 0 Å². The molecule has 11 N–H and O–H groups in total. The van der Waals surface area contributed by atoms with E-state index in [9.17, 15) is 0 Å². The van der Waals surface area contributed by atoms with Gasteiger partial charge in [-0.2, -0.15) is 0 Å². The van der Waals surface area contributed by atoms with E-state index in [1.807, 2.05) is 0 Å². The Kier molecular flexibility index (Phi) is 82.7. The molecule has 19 heteroatoms. The van der Waals surface area contributed by atoms with E-state index in [2.05, 4.69) is 0 Å². The largest absolute Gasteiger partial charge is 1.00 e. The van der Waals surface area contributed by atoms with Crippen molar-refractivity contribution >= 4 is 29.3 Å². The van der Waals surface area contributed by atoms with Gasteiger partial charge in [0.1, 0.15) is 0 Å². The van der Waals surface area contributed by atoms with Gasteiger partial charge in [-0.25, -0.2) is 0 Å². The Morgan fingerprint density at radius 3 is 0.474 bits per heavy atom. The monoisotopic (exact) mass is 388 g/mol. The minimum absolute atomic E-state index is 0. The number of hydrogen-bond donors (Lipinski definition) is 11. The van der Waals surface area contributed by atoms with Gasteiger partial charge in [0, 0.05) is 0 Å². The molecule has 0 aromatic carbocycles. The fourth-order valence-electron chi connectivity index (χ4n) is 0. The van der Waals surface area contributed by atoms with Crippen LogP contribution in [-0.2, 0) is 0 Å². The molecule has 0 atom stereocenters. The van der Waals surface area contributed by atoms with E-state index < -0.39 is 29.3 Å². The molecule has 12 nitrogen and oxygen atoms in total. The van der Waals surface area contributed by atoms with E-state index >= 15 is 0 Å². The first-order valence-corrected chi connectivity index (χ1v) is 3.08. The van der Waals surface area contributed by atoms with Crippen molar-refractivity contribution in [3.8, 4) is 0 Å². The van der Waals surface area contributed by atoms with Gasteiger partial charge in [0.25, 0.3) is 0 Å². The summed E-state index contributed by atoms with van der Waals surface area (Å²) in [5, 5.41) is 87.2. The van der Waals surface area contributed by atoms with Gasteiger partial charge < -0.3 is 84.3 Å². The second-order valence-corrected chi connectivity index (χ2v) is 1.37. The predicted octanol–water partition coefficient (Wildman–Crippen LogP) is -17.8. The second-order valence-electron chi connectivity index (χ2n) is 1.37. The molecule has 0 heterocycles. The zero-order valence-electron chi connectivity index (χ0n) is 10.0. The predicted molar refractivity (Wildman–Crippen MR) is 47.4 cm³/mol. The van der Waals surface area contributed by atoms with Gasteiger partial charge in [-0.3, -0.25) is 0 Å². The zero-order chi connectivity index (χ0) is 14.3. The van der Waals surface area contributed by atoms with Gasteiger partial charge in [0.15, 0.2) is 0 Å². The first-order chi connectivity index (χ1) is 6.93. The molecule has 0 radical (unpaired) electrons. The third-order valence-electron chi connectivity index (χ3n) is 0. The van der Waals surface area contributed by atoms with Crippen molar-refractivity contribution in [2.24, 2.45) is 0 Å². The Bertz CT molecular complexity index is 70.7. The Morgan fingerprint density at radius 2 is 0.474 bits per heavy atom. The average molecular weight is 387 g/mol. The Morgan fingerprint density at radius 1 is 0.474 bits per heavy atom. The van der Waals surface area contributed by atoms with Crippen molar-refractivity contribution < 1.29 is 122 Å². The van der Waals surface area contributed by atoms with E-state index in [1.54, 1.807) is 0 Å². The van der Waals surface area contributed by atoms with Crippen LogP contribution in [-0.4, -0.2) is 84.5 Å². The molecular formula is H11B4ILi2O12. The van der Waals surface area contributed by atoms with Crippen molar-refractivity contribution in [3.05, 3.63) is 0 Å². The van der Waals surface area contributed by atoms with Gasteiger partial charge in [-0.1, -0.05) is 0 Å². The number of hydrogen-bond acceptors (Lipinski definition) is 12. The summed E-state index contributed by atoms with van der Waals surface area (Å²) in [7, 11) is -8.92. The normalized spacial score (nSPS) is 5.68. The van der Waals surface area contributed by atoms with Gasteiger partial charge in [-0.15, -0.1) is 0 Å². The quantitative estimate of drug-likeness (QED) is 0.137. The number of rotatable bonds is 0. The molecule has 0 spiro atoms. The fraction of sp³-hybridized carbons (Fsp3) is 0. The van der Waals surface area contributed by atoms with Crippen LogP contribution in [0.4, 0.5) is 0 Å². The average Bonchev–Trinajstić information content (AvgIpc) is 1.76. The maximum Gasteiger partial charge on any atom is 1.00 e. The van der Waals surface area contributed by atoms with E-state index in [4.69, 9.17) is 60.3 Å². The van der Waals surface area contributed by atoms with Crippen LogP contribution >= 0.6 is 0 Å². The van der Waals surface area contributed by atoms with Crippen LogP contribution in [0, 0.1) is 0 Å². The molecule has 0 rings (SSSR count). The number of halogens is 1. The van der Waals surface area contributed by atoms with Crippen LogP contribution in [0.25, 0.3) is 0 Å². The molecule has 0 amide bonds. The molecule has 0 unspecified atom stereocenters. The third-order valence-corrected chi connectivity index (χ3v) is 0. The van der Waals surface area contributed by atoms with Crippen LogP contribution < -0.4 is 66.7 Å². The molecule has 0 saturated carbocycles. The van der Waals surface area contributed by atoms with E-state index in [-0.39, 0.29) is 61.7 Å². The minimum atomic E-state index is -2.42. The van der Waals surface area contributed by atoms with Crippen LogP contribution in [0.3, 0.4) is 0 Å². The summed E-state index contributed by atoms with van der Waals surface area (Å²) in [6, 6.07) is 0. The molecule has 0 saturated heterocycles. The van der Waals surface area contributed by atoms with Crippen LogP contribution in [0.5, 0.6) is 0 Å². The standard InChI is InChI=1S/3BH3O3.BH2O3.HI.2Li/c4*2-1(3)4;;;/h3*2-4H;2-3H;1H;;/q;;;-1;;2*+1/p-1. The van der Waals surface area contributed by atoms with Crippen molar-refractivity contribution in [2.75, 3.05) is 0 Å². The Labute approximate surface area is 150 Å². The summed E-state index contributed by atoms with van der Waals surface area (Å²) in [5.74, 6) is 0. The molecule has 0 aliphatic rings. The second kappa shape index (κ2) is 36.7. The van der Waals surface area contributed by atoms with Crippen molar-refractivity contribution in [3.63, 3.8) is 0 Å². The summed E-state index contributed by atoms with van der Waals surface area (Å²) >= 11 is 0. The summed E-state index contributed by atoms with van der Waals surface area (Å²) in [4.78, 5) is 0. The van der Waals surface area contributed by atoms with E-state index in [0.29, 0.717) is 0 Å². The Balaban J connectivity index is -0.0000000192. The first-order valence-electron chi connectivity index (χ1n) is 3.08. The van der Waals surface area contributed by atoms with Crippen molar-refractivity contribution in [2.45, 2.75) is 0 Å². The smallest absolute Gasteiger partial charge is 1.00 e. The van der Waals surface area contributed by atoms with Gasteiger partial charge in [0.2, 0.25) is 0 Å². The topological polar surface area (TPSA) is 246 Å². The van der Waals surface area contributed by atoms with Crippen molar-refractivity contribution in [1.29, 1.82) is 0 Å². The SMILES string of the molecule is OB(O)O.OB(O)O.OB(O)O.[I-].[Li+].[Li+].[O-]B(O)O. The molecule has 0 aliphatic heterocycles. The third kappa shape index (κ3) is 2130. The minimum Gasteiger partial charge on any atom is -1.00 e. The Hall–Kier alpha value is 1.70. The summed E-state index contributed by atoms with van der Waals surface area (Å²) in [6.07, 6.45) is 0. The maximum atomic E-state index is 8.64. The molecule has 104 valence electrons. The first kappa shape index (κ1) is 42.8.